The van der Waals surface area contributed by atoms with E-state index in [4.69, 9.17) is 14.9 Å². The molecular formula is C16H26O3. The Morgan fingerprint density at radius 1 is 0.789 bits per heavy atom. The third kappa shape index (κ3) is 10.3. The molecule has 108 valence electrons. The van der Waals surface area contributed by atoms with Gasteiger partial charge in [0.25, 0.3) is 0 Å². The first kappa shape index (κ1) is 17.7. The van der Waals surface area contributed by atoms with Crippen LogP contribution in [-0.4, -0.2) is 23.4 Å². The Morgan fingerprint density at radius 3 is 1.53 bits per heavy atom. The van der Waals surface area contributed by atoms with Crippen LogP contribution in [0.25, 0.3) is 0 Å². The van der Waals surface area contributed by atoms with Gasteiger partial charge in [-0.15, -0.1) is 0 Å². The van der Waals surface area contributed by atoms with Gasteiger partial charge in [0.05, 0.1) is 0 Å². The predicted molar refractivity (Wildman–Crippen MR) is 79.5 cm³/mol. The number of rotatable bonds is 12. The lowest BCUT2D eigenvalue weighted by molar-refractivity contribution is 0.284. The van der Waals surface area contributed by atoms with E-state index in [1.807, 2.05) is 12.2 Å². The molecule has 0 rings (SSSR count). The quantitative estimate of drug-likeness (QED) is 0.323. The Kier molecular flexibility index (Phi) is 12.2. The molecule has 0 aromatic heterocycles. The minimum atomic E-state index is 0.223. The zero-order valence-corrected chi connectivity index (χ0v) is 11.7. The first-order valence-electron chi connectivity index (χ1n) is 6.83. The fourth-order valence-electron chi connectivity index (χ4n) is 1.47. The van der Waals surface area contributed by atoms with Gasteiger partial charge in [0.2, 0.25) is 0 Å². The van der Waals surface area contributed by atoms with Crippen molar-refractivity contribution in [3.8, 4) is 0 Å². The zero-order chi connectivity index (χ0) is 14.3. The average molecular weight is 266 g/mol. The highest BCUT2D eigenvalue weighted by molar-refractivity contribution is 5.17. The summed E-state index contributed by atoms with van der Waals surface area (Å²) in [6.45, 7) is 7.89. The summed E-state index contributed by atoms with van der Waals surface area (Å²) < 4.78 is 5.67. The summed E-state index contributed by atoms with van der Waals surface area (Å²) in [7, 11) is 0. The topological polar surface area (TPSA) is 49.7 Å². The van der Waals surface area contributed by atoms with Crippen molar-refractivity contribution in [3.63, 3.8) is 0 Å². The smallest absolute Gasteiger partial charge is 0.122 e. The van der Waals surface area contributed by atoms with Gasteiger partial charge in [-0.25, -0.2) is 0 Å². The van der Waals surface area contributed by atoms with E-state index in [-0.39, 0.29) is 13.2 Å². The maximum absolute atomic E-state index is 8.70. The van der Waals surface area contributed by atoms with Crippen LogP contribution in [0.3, 0.4) is 0 Å². The molecule has 0 aromatic rings. The van der Waals surface area contributed by atoms with Gasteiger partial charge < -0.3 is 14.9 Å². The Hall–Kier alpha value is -1.32. The summed E-state index contributed by atoms with van der Waals surface area (Å²) >= 11 is 0. The molecule has 3 nitrogen and oxygen atoms in total. The molecule has 0 atom stereocenters. The van der Waals surface area contributed by atoms with Gasteiger partial charge in [-0.3, -0.25) is 0 Å². The van der Waals surface area contributed by atoms with Crippen LogP contribution in [-0.2, 0) is 4.74 Å². The minimum absolute atomic E-state index is 0.223. The van der Waals surface area contributed by atoms with E-state index in [9.17, 15) is 0 Å². The Bertz CT molecular complexity index is 273. The number of hydrogen-bond acceptors (Lipinski definition) is 3. The first-order chi connectivity index (χ1) is 9.28. The van der Waals surface area contributed by atoms with Crippen molar-refractivity contribution in [2.75, 3.05) is 13.2 Å². The normalized spacial score (nSPS) is 12.3. The maximum atomic E-state index is 8.70. The summed E-state index contributed by atoms with van der Waals surface area (Å²) in [6, 6.07) is 0. The lowest BCUT2D eigenvalue weighted by Crippen LogP contribution is -1.90. The summed E-state index contributed by atoms with van der Waals surface area (Å²) in [5, 5.41) is 17.4. The molecule has 0 amide bonds. The highest BCUT2D eigenvalue weighted by atomic mass is 16.5. The predicted octanol–water partition coefficient (Wildman–Crippen LogP) is 3.47. The number of unbranched alkanes of at least 4 members (excludes halogenated alkanes) is 4. The largest absolute Gasteiger partial charge is 0.458 e. The number of ether oxygens (including phenoxy) is 1. The van der Waals surface area contributed by atoms with Gasteiger partial charge >= 0.3 is 0 Å². The van der Waals surface area contributed by atoms with Gasteiger partial charge in [0.1, 0.15) is 11.5 Å². The SMILES string of the molecule is C=CC(=CCCCCO)OC(C=C)=CCCCCO. The molecule has 0 fully saturated rings. The second-order valence-electron chi connectivity index (χ2n) is 4.16. The molecule has 0 unspecified atom stereocenters. The summed E-state index contributed by atoms with van der Waals surface area (Å²) in [5.41, 5.74) is 0. The molecule has 0 saturated carbocycles. The number of aliphatic hydroxyl groups excluding tert-OH is 2. The van der Waals surface area contributed by atoms with Crippen LogP contribution in [0.1, 0.15) is 38.5 Å². The van der Waals surface area contributed by atoms with Crippen molar-refractivity contribution in [1.82, 2.24) is 0 Å². The van der Waals surface area contributed by atoms with Crippen molar-refractivity contribution in [1.29, 1.82) is 0 Å². The summed E-state index contributed by atoms with van der Waals surface area (Å²) in [6.07, 6.45) is 12.4. The second kappa shape index (κ2) is 13.1. The Labute approximate surface area is 116 Å². The van der Waals surface area contributed by atoms with Gasteiger partial charge in [-0.2, -0.15) is 0 Å². The molecular weight excluding hydrogens is 240 g/mol. The lowest BCUT2D eigenvalue weighted by Gasteiger charge is -2.07. The standard InChI is InChI=1S/C16H26O3/c1-3-15(11-7-5-9-13-17)19-16(4-2)12-8-6-10-14-18/h3-4,11-12,17-18H,1-2,5-10,13-14H2. The van der Waals surface area contributed by atoms with Crippen molar-refractivity contribution < 1.29 is 14.9 Å². The van der Waals surface area contributed by atoms with Crippen molar-refractivity contribution in [2.45, 2.75) is 38.5 Å². The number of aliphatic hydroxyl groups is 2. The highest BCUT2D eigenvalue weighted by Gasteiger charge is 1.97. The fourth-order valence-corrected chi connectivity index (χ4v) is 1.47. The van der Waals surface area contributed by atoms with E-state index in [0.717, 1.165) is 38.5 Å². The summed E-state index contributed by atoms with van der Waals surface area (Å²) in [4.78, 5) is 0. The van der Waals surface area contributed by atoms with Crippen LogP contribution < -0.4 is 0 Å². The van der Waals surface area contributed by atoms with Crippen molar-refractivity contribution in [2.24, 2.45) is 0 Å². The third-order valence-electron chi connectivity index (χ3n) is 2.55. The fraction of sp³-hybridized carbons (Fsp3) is 0.500. The van der Waals surface area contributed by atoms with Crippen LogP contribution in [0, 0.1) is 0 Å². The molecule has 0 spiro atoms. The Morgan fingerprint density at radius 2 is 1.21 bits per heavy atom. The molecule has 19 heavy (non-hydrogen) atoms. The molecule has 0 aliphatic rings. The highest BCUT2D eigenvalue weighted by Crippen LogP contribution is 2.12. The van der Waals surface area contributed by atoms with E-state index in [1.54, 1.807) is 12.2 Å². The van der Waals surface area contributed by atoms with Gasteiger partial charge in [0.15, 0.2) is 0 Å². The molecule has 0 heterocycles. The van der Waals surface area contributed by atoms with Crippen LogP contribution in [0.15, 0.2) is 49.0 Å². The van der Waals surface area contributed by atoms with Gasteiger partial charge in [-0.05, 0) is 62.8 Å². The monoisotopic (exact) mass is 266 g/mol. The third-order valence-corrected chi connectivity index (χ3v) is 2.55. The number of hydrogen-bond donors (Lipinski definition) is 2. The van der Waals surface area contributed by atoms with E-state index in [0.29, 0.717) is 11.5 Å². The molecule has 0 radical (unpaired) electrons. The second-order valence-corrected chi connectivity index (χ2v) is 4.16. The van der Waals surface area contributed by atoms with E-state index >= 15 is 0 Å². The van der Waals surface area contributed by atoms with Crippen LogP contribution in [0.5, 0.6) is 0 Å². The summed E-state index contributed by atoms with van der Waals surface area (Å²) in [5.74, 6) is 1.43. The maximum Gasteiger partial charge on any atom is 0.122 e. The van der Waals surface area contributed by atoms with Crippen LogP contribution >= 0.6 is 0 Å². The molecule has 0 bridgehead atoms. The van der Waals surface area contributed by atoms with Crippen LogP contribution in [0.4, 0.5) is 0 Å². The molecule has 0 saturated heterocycles. The van der Waals surface area contributed by atoms with Crippen LogP contribution in [0.2, 0.25) is 0 Å². The van der Waals surface area contributed by atoms with E-state index < -0.39 is 0 Å². The lowest BCUT2D eigenvalue weighted by atomic mass is 10.2. The molecule has 0 aliphatic carbocycles. The Balaban J connectivity index is 4.22. The van der Waals surface area contributed by atoms with Gasteiger partial charge in [0, 0.05) is 13.2 Å². The average Bonchev–Trinajstić information content (AvgIpc) is 2.44. The van der Waals surface area contributed by atoms with E-state index in [1.165, 1.54) is 0 Å². The molecule has 0 aliphatic heterocycles. The number of allylic oxidation sites excluding steroid dienone is 4. The minimum Gasteiger partial charge on any atom is -0.458 e. The first-order valence-corrected chi connectivity index (χ1v) is 6.83. The zero-order valence-electron chi connectivity index (χ0n) is 11.7. The van der Waals surface area contributed by atoms with E-state index in [2.05, 4.69) is 13.2 Å². The molecule has 3 heteroatoms. The van der Waals surface area contributed by atoms with Gasteiger partial charge in [-0.1, -0.05) is 13.2 Å². The molecule has 2 N–H and O–H groups in total. The van der Waals surface area contributed by atoms with Crippen molar-refractivity contribution >= 4 is 0 Å². The van der Waals surface area contributed by atoms with Crippen molar-refractivity contribution in [3.05, 3.63) is 49.0 Å². The molecule has 0 aromatic carbocycles.